The Bertz CT molecular complexity index is 380. The summed E-state index contributed by atoms with van der Waals surface area (Å²) in [6.45, 7) is 12.4. The molecule has 0 spiro atoms. The van der Waals surface area contributed by atoms with E-state index in [4.69, 9.17) is 26.6 Å². The van der Waals surface area contributed by atoms with Crippen molar-refractivity contribution in [1.82, 2.24) is 0 Å². The normalized spacial score (nSPS) is 15.4. The summed E-state index contributed by atoms with van der Waals surface area (Å²) in [7, 11) is 0.173. The predicted octanol–water partition coefficient (Wildman–Crippen LogP) is 6.30. The van der Waals surface area contributed by atoms with E-state index in [9.17, 15) is 0 Å². The van der Waals surface area contributed by atoms with Gasteiger partial charge in [0, 0.05) is 46.7 Å². The minimum absolute atomic E-state index is 0.515. The van der Waals surface area contributed by atoms with Crippen molar-refractivity contribution in [2.75, 3.05) is 41.2 Å². The highest BCUT2D eigenvalue weighted by Crippen LogP contribution is 2.37. The van der Waals surface area contributed by atoms with Gasteiger partial charge in [-0.1, -0.05) is 65.9 Å². The molecule has 0 saturated heterocycles. The Morgan fingerprint density at radius 2 is 1.10 bits per heavy atom. The first-order valence-electron chi connectivity index (χ1n) is 12.2. The highest BCUT2D eigenvalue weighted by Gasteiger charge is 2.47. The van der Waals surface area contributed by atoms with Crippen molar-refractivity contribution in [2.45, 2.75) is 96.9 Å². The standard InChI is InChI=1S/C14H30O3Si.C9H20O3Si/c1-5-9-12-15-18(8-4,16-13-10-6-2)17-14-11-7-3;1-10-13(11-2,12-3)9-7-5-4-6-8-9/h8H,4-7,9-14H2,1-3H3;9H,4-8H2,1-3H3. The van der Waals surface area contributed by atoms with Gasteiger partial charge in [0.25, 0.3) is 0 Å². The lowest BCUT2D eigenvalue weighted by Crippen LogP contribution is -2.48. The Morgan fingerprint density at radius 1 is 0.710 bits per heavy atom. The molecule has 0 heterocycles. The SMILES string of the molecule is C=C[Si](OCCCC)(OCCCC)OCCCC.CO[Si](OC)(OC)C1CCCCC1. The third-order valence-electron chi connectivity index (χ3n) is 5.61. The molecule has 0 amide bonds. The van der Waals surface area contributed by atoms with Crippen LogP contribution >= 0.6 is 0 Å². The quantitative estimate of drug-likeness (QED) is 0.181. The Kier molecular flexibility index (Phi) is 19.4. The molecular formula is C23H50O6Si2. The van der Waals surface area contributed by atoms with Gasteiger partial charge in [-0.15, -0.1) is 0 Å². The van der Waals surface area contributed by atoms with Gasteiger partial charge < -0.3 is 26.6 Å². The number of hydrogen-bond acceptors (Lipinski definition) is 6. The van der Waals surface area contributed by atoms with Crippen LogP contribution in [0.1, 0.15) is 91.4 Å². The van der Waals surface area contributed by atoms with Crippen LogP contribution in [0.3, 0.4) is 0 Å². The monoisotopic (exact) mass is 478 g/mol. The summed E-state index contributed by atoms with van der Waals surface area (Å²) in [4.78, 5) is 0. The zero-order valence-electron chi connectivity index (χ0n) is 21.2. The summed E-state index contributed by atoms with van der Waals surface area (Å²) in [5, 5.41) is 0. The highest BCUT2D eigenvalue weighted by atomic mass is 28.4. The predicted molar refractivity (Wildman–Crippen MR) is 132 cm³/mol. The second kappa shape index (κ2) is 19.4. The molecule has 0 aromatic carbocycles. The Balaban J connectivity index is 0.000000609. The van der Waals surface area contributed by atoms with Gasteiger partial charge in [-0.3, -0.25) is 0 Å². The van der Waals surface area contributed by atoms with Gasteiger partial charge in [0.2, 0.25) is 0 Å². The van der Waals surface area contributed by atoms with Crippen LogP contribution in [0.5, 0.6) is 0 Å². The molecule has 1 fully saturated rings. The molecule has 0 aromatic heterocycles. The molecular weight excluding hydrogens is 428 g/mol. The molecule has 1 saturated carbocycles. The average Bonchev–Trinajstić information content (AvgIpc) is 2.82. The van der Waals surface area contributed by atoms with Crippen LogP contribution in [0.25, 0.3) is 0 Å². The van der Waals surface area contributed by atoms with Gasteiger partial charge in [0.05, 0.1) is 0 Å². The molecule has 186 valence electrons. The van der Waals surface area contributed by atoms with Gasteiger partial charge in [-0.25, -0.2) is 0 Å². The van der Waals surface area contributed by atoms with Crippen molar-refractivity contribution in [2.24, 2.45) is 0 Å². The maximum Gasteiger partial charge on any atom is 0.529 e. The summed E-state index contributed by atoms with van der Waals surface area (Å²) >= 11 is 0. The highest BCUT2D eigenvalue weighted by molar-refractivity contribution is 6.66. The first-order chi connectivity index (χ1) is 15.0. The van der Waals surface area contributed by atoms with Crippen molar-refractivity contribution in [3.05, 3.63) is 12.3 Å². The molecule has 1 rings (SSSR count). The lowest BCUT2D eigenvalue weighted by Gasteiger charge is -2.34. The lowest BCUT2D eigenvalue weighted by molar-refractivity contribution is 0.0685. The summed E-state index contributed by atoms with van der Waals surface area (Å²) in [6, 6.07) is 0. The topological polar surface area (TPSA) is 55.4 Å². The molecule has 0 radical (unpaired) electrons. The van der Waals surface area contributed by atoms with Crippen molar-refractivity contribution in [1.29, 1.82) is 0 Å². The smallest absolute Gasteiger partial charge is 0.377 e. The van der Waals surface area contributed by atoms with Crippen LogP contribution in [0, 0.1) is 0 Å². The summed E-state index contributed by atoms with van der Waals surface area (Å²) in [5.41, 5.74) is 2.29. The fraction of sp³-hybridized carbons (Fsp3) is 0.913. The molecule has 1 aliphatic carbocycles. The van der Waals surface area contributed by atoms with E-state index in [-0.39, 0.29) is 0 Å². The van der Waals surface area contributed by atoms with Gasteiger partial charge in [-0.2, -0.15) is 0 Å². The molecule has 6 nitrogen and oxygen atoms in total. The van der Waals surface area contributed by atoms with Crippen molar-refractivity contribution in [3.63, 3.8) is 0 Å². The minimum Gasteiger partial charge on any atom is -0.377 e. The van der Waals surface area contributed by atoms with Crippen LogP contribution < -0.4 is 0 Å². The molecule has 1 aliphatic rings. The van der Waals surface area contributed by atoms with E-state index in [2.05, 4.69) is 27.4 Å². The van der Waals surface area contributed by atoms with E-state index in [0.717, 1.165) is 38.5 Å². The van der Waals surface area contributed by atoms with Crippen LogP contribution in [0.2, 0.25) is 5.54 Å². The van der Waals surface area contributed by atoms with E-state index in [1.165, 1.54) is 32.1 Å². The van der Waals surface area contributed by atoms with Crippen molar-refractivity contribution < 1.29 is 26.6 Å². The molecule has 0 aromatic rings. The largest absolute Gasteiger partial charge is 0.529 e. The van der Waals surface area contributed by atoms with Gasteiger partial charge in [-0.05, 0) is 37.8 Å². The van der Waals surface area contributed by atoms with Crippen LogP contribution in [0.15, 0.2) is 12.3 Å². The summed E-state index contributed by atoms with van der Waals surface area (Å²) in [5.74, 6) is 0. The van der Waals surface area contributed by atoms with Crippen LogP contribution in [0.4, 0.5) is 0 Å². The number of rotatable bonds is 17. The van der Waals surface area contributed by atoms with E-state index in [1.807, 2.05) is 0 Å². The zero-order valence-corrected chi connectivity index (χ0v) is 23.2. The number of hydrogen-bond donors (Lipinski definition) is 0. The summed E-state index contributed by atoms with van der Waals surface area (Å²) < 4.78 is 34.1. The Hall–Kier alpha value is -0.0662. The maximum absolute atomic E-state index is 5.89. The fourth-order valence-corrected chi connectivity index (χ4v) is 8.09. The fourth-order valence-electron chi connectivity index (χ4n) is 3.58. The van der Waals surface area contributed by atoms with Crippen LogP contribution in [-0.2, 0) is 26.6 Å². The van der Waals surface area contributed by atoms with E-state index in [0.29, 0.717) is 25.4 Å². The minimum atomic E-state index is -2.62. The first-order valence-corrected chi connectivity index (χ1v) is 15.8. The van der Waals surface area contributed by atoms with E-state index in [1.54, 1.807) is 27.0 Å². The number of unbranched alkanes of at least 4 members (excludes halogenated alkanes) is 3. The Morgan fingerprint density at radius 3 is 1.39 bits per heavy atom. The van der Waals surface area contributed by atoms with Gasteiger partial charge in [0.1, 0.15) is 0 Å². The van der Waals surface area contributed by atoms with E-state index >= 15 is 0 Å². The van der Waals surface area contributed by atoms with Gasteiger partial charge >= 0.3 is 17.6 Å². The second-order valence-electron chi connectivity index (χ2n) is 7.96. The molecule has 31 heavy (non-hydrogen) atoms. The molecule has 0 unspecified atom stereocenters. The zero-order chi connectivity index (χ0) is 23.4. The van der Waals surface area contributed by atoms with Crippen molar-refractivity contribution in [3.8, 4) is 0 Å². The molecule has 0 atom stereocenters. The molecule has 0 bridgehead atoms. The van der Waals surface area contributed by atoms with E-state index < -0.39 is 17.6 Å². The van der Waals surface area contributed by atoms with Gasteiger partial charge in [0.15, 0.2) is 0 Å². The third-order valence-corrected chi connectivity index (χ3v) is 11.2. The second-order valence-corrected chi connectivity index (χ2v) is 13.7. The van der Waals surface area contributed by atoms with Crippen molar-refractivity contribution >= 4 is 17.6 Å². The molecule has 0 N–H and O–H groups in total. The third kappa shape index (κ3) is 12.1. The average molecular weight is 479 g/mol. The lowest BCUT2D eigenvalue weighted by atomic mass is 10.0. The first kappa shape index (κ1) is 30.9. The molecule has 8 heteroatoms. The van der Waals surface area contributed by atoms with Crippen LogP contribution in [-0.4, -0.2) is 58.8 Å². The summed E-state index contributed by atoms with van der Waals surface area (Å²) in [6.07, 6.45) is 12.8. The Labute approximate surface area is 194 Å². The maximum atomic E-state index is 5.89. The molecule has 0 aliphatic heterocycles.